The zero-order valence-electron chi connectivity index (χ0n) is 13.1. The number of hydrogen-bond donors (Lipinski definition) is 2. The first-order valence-electron chi connectivity index (χ1n) is 7.15. The largest absolute Gasteiger partial charge is 0.370 e. The summed E-state index contributed by atoms with van der Waals surface area (Å²) in [6, 6.07) is 5.75. The molecule has 0 saturated carbocycles. The standard InChI is InChI=1S/C15H20N4O4/c1-18(2)13(14(16)21)15(22)17-10-3-5-11(6-4-10)19-7-8-23-9-12(19)20/h3-6,13H,7-9H2,1-2H3,(H2,16,21)(H,17,22)/t13-/m0/s1. The molecule has 0 radical (unpaired) electrons. The molecule has 1 saturated heterocycles. The molecule has 1 aliphatic heterocycles. The Hall–Kier alpha value is -2.45. The van der Waals surface area contributed by atoms with Crippen molar-refractivity contribution in [3.8, 4) is 0 Å². The van der Waals surface area contributed by atoms with Gasteiger partial charge in [0.15, 0.2) is 6.04 Å². The number of primary amides is 1. The Labute approximate surface area is 134 Å². The van der Waals surface area contributed by atoms with Gasteiger partial charge in [0.05, 0.1) is 6.61 Å². The van der Waals surface area contributed by atoms with E-state index in [-0.39, 0.29) is 12.5 Å². The number of likely N-dealkylation sites (N-methyl/N-ethyl adjacent to an activating group) is 1. The highest BCUT2D eigenvalue weighted by Gasteiger charge is 2.26. The van der Waals surface area contributed by atoms with Crippen LogP contribution in [0.15, 0.2) is 24.3 Å². The van der Waals surface area contributed by atoms with E-state index < -0.39 is 17.9 Å². The topological polar surface area (TPSA) is 105 Å². The van der Waals surface area contributed by atoms with Crippen LogP contribution in [-0.4, -0.2) is 62.5 Å². The minimum atomic E-state index is -1.05. The Morgan fingerprint density at radius 2 is 1.96 bits per heavy atom. The summed E-state index contributed by atoms with van der Waals surface area (Å²) in [4.78, 5) is 38.3. The van der Waals surface area contributed by atoms with Crippen LogP contribution >= 0.6 is 0 Å². The number of nitrogens with one attached hydrogen (secondary N) is 1. The number of amides is 3. The Morgan fingerprint density at radius 3 is 2.48 bits per heavy atom. The average Bonchev–Trinajstić information content (AvgIpc) is 2.48. The van der Waals surface area contributed by atoms with E-state index in [4.69, 9.17) is 10.5 Å². The monoisotopic (exact) mass is 320 g/mol. The first-order chi connectivity index (χ1) is 10.9. The second kappa shape index (κ2) is 7.21. The van der Waals surface area contributed by atoms with Gasteiger partial charge in [0.2, 0.25) is 5.91 Å². The summed E-state index contributed by atoms with van der Waals surface area (Å²) in [5.74, 6) is -1.32. The summed E-state index contributed by atoms with van der Waals surface area (Å²) < 4.78 is 5.08. The Bertz CT molecular complexity index is 600. The SMILES string of the molecule is CN(C)[C@@H](C(N)=O)C(=O)Nc1ccc(N2CCOCC2=O)cc1. The van der Waals surface area contributed by atoms with Gasteiger partial charge in [-0.3, -0.25) is 19.3 Å². The Morgan fingerprint density at radius 1 is 1.30 bits per heavy atom. The number of carbonyl (C=O) groups excluding carboxylic acids is 3. The first-order valence-corrected chi connectivity index (χ1v) is 7.15. The fourth-order valence-electron chi connectivity index (χ4n) is 2.34. The number of rotatable bonds is 5. The molecule has 3 amide bonds. The predicted molar refractivity (Wildman–Crippen MR) is 84.9 cm³/mol. The third-order valence-electron chi connectivity index (χ3n) is 3.47. The summed E-state index contributed by atoms with van der Waals surface area (Å²) in [5, 5.41) is 2.64. The Balaban J connectivity index is 2.06. The molecule has 1 atom stereocenters. The van der Waals surface area contributed by atoms with Crippen molar-refractivity contribution in [2.45, 2.75) is 6.04 Å². The molecule has 0 unspecified atom stereocenters. The minimum absolute atomic E-state index is 0.0710. The van der Waals surface area contributed by atoms with Gasteiger partial charge < -0.3 is 20.7 Å². The lowest BCUT2D eigenvalue weighted by Gasteiger charge is -2.27. The van der Waals surface area contributed by atoms with E-state index in [0.29, 0.717) is 18.8 Å². The number of nitrogens with zero attached hydrogens (tertiary/aromatic N) is 2. The molecule has 1 aromatic rings. The number of nitrogens with two attached hydrogens (primary N) is 1. The van der Waals surface area contributed by atoms with Gasteiger partial charge in [-0.15, -0.1) is 0 Å². The van der Waals surface area contributed by atoms with Gasteiger partial charge in [-0.1, -0.05) is 0 Å². The number of anilines is 2. The highest BCUT2D eigenvalue weighted by molar-refractivity contribution is 6.09. The molecular weight excluding hydrogens is 300 g/mol. The van der Waals surface area contributed by atoms with Crippen LogP contribution in [0.25, 0.3) is 0 Å². The number of ether oxygens (including phenoxy) is 1. The summed E-state index contributed by atoms with van der Waals surface area (Å²) in [7, 11) is 3.20. The molecule has 1 fully saturated rings. The smallest absolute Gasteiger partial charge is 0.253 e. The van der Waals surface area contributed by atoms with Crippen molar-refractivity contribution in [1.82, 2.24) is 4.90 Å². The van der Waals surface area contributed by atoms with Gasteiger partial charge in [0.25, 0.3) is 11.8 Å². The maximum absolute atomic E-state index is 12.1. The highest BCUT2D eigenvalue weighted by Crippen LogP contribution is 2.19. The molecule has 8 heteroatoms. The molecule has 3 N–H and O–H groups in total. The van der Waals surface area contributed by atoms with E-state index >= 15 is 0 Å². The van der Waals surface area contributed by atoms with Gasteiger partial charge in [0, 0.05) is 17.9 Å². The predicted octanol–water partition coefficient (Wildman–Crippen LogP) is -0.596. The third kappa shape index (κ3) is 4.05. The summed E-state index contributed by atoms with van der Waals surface area (Å²) in [6.45, 7) is 1.06. The molecule has 0 bridgehead atoms. The van der Waals surface area contributed by atoms with Crippen molar-refractivity contribution in [2.75, 3.05) is 44.1 Å². The van der Waals surface area contributed by atoms with E-state index in [1.165, 1.54) is 4.90 Å². The molecule has 124 valence electrons. The minimum Gasteiger partial charge on any atom is -0.370 e. The van der Waals surface area contributed by atoms with Crippen molar-refractivity contribution in [3.63, 3.8) is 0 Å². The fraction of sp³-hybridized carbons (Fsp3) is 0.400. The van der Waals surface area contributed by atoms with Crippen LogP contribution < -0.4 is 16.0 Å². The van der Waals surface area contributed by atoms with E-state index in [9.17, 15) is 14.4 Å². The molecule has 0 aliphatic carbocycles. The van der Waals surface area contributed by atoms with E-state index in [2.05, 4.69) is 5.32 Å². The summed E-state index contributed by atoms with van der Waals surface area (Å²) >= 11 is 0. The van der Waals surface area contributed by atoms with Crippen LogP contribution in [0.5, 0.6) is 0 Å². The second-order valence-corrected chi connectivity index (χ2v) is 5.40. The highest BCUT2D eigenvalue weighted by atomic mass is 16.5. The quantitative estimate of drug-likeness (QED) is 0.705. The molecule has 1 aromatic carbocycles. The van der Waals surface area contributed by atoms with E-state index in [1.54, 1.807) is 43.3 Å². The van der Waals surface area contributed by atoms with Crippen molar-refractivity contribution in [1.29, 1.82) is 0 Å². The van der Waals surface area contributed by atoms with Gasteiger partial charge in [-0.25, -0.2) is 0 Å². The van der Waals surface area contributed by atoms with Crippen molar-refractivity contribution in [2.24, 2.45) is 5.73 Å². The zero-order chi connectivity index (χ0) is 17.0. The normalized spacial score (nSPS) is 16.3. The maximum Gasteiger partial charge on any atom is 0.253 e. The summed E-state index contributed by atoms with van der Waals surface area (Å²) in [6.07, 6.45) is 0. The Kier molecular flexibility index (Phi) is 5.30. The number of benzene rings is 1. The lowest BCUT2D eigenvalue weighted by atomic mass is 10.2. The van der Waals surface area contributed by atoms with Gasteiger partial charge in [-0.05, 0) is 38.4 Å². The third-order valence-corrected chi connectivity index (χ3v) is 3.47. The fourth-order valence-corrected chi connectivity index (χ4v) is 2.34. The molecule has 1 aliphatic rings. The molecule has 0 aromatic heterocycles. The summed E-state index contributed by atoms with van der Waals surface area (Å²) in [5.41, 5.74) is 6.48. The van der Waals surface area contributed by atoms with Crippen LogP contribution in [-0.2, 0) is 19.1 Å². The van der Waals surface area contributed by atoms with Gasteiger partial charge in [-0.2, -0.15) is 0 Å². The van der Waals surface area contributed by atoms with Crippen LogP contribution in [0.3, 0.4) is 0 Å². The average molecular weight is 320 g/mol. The van der Waals surface area contributed by atoms with Crippen molar-refractivity contribution >= 4 is 29.1 Å². The molecular formula is C15H20N4O4. The van der Waals surface area contributed by atoms with E-state index in [1.807, 2.05) is 0 Å². The first kappa shape index (κ1) is 16.9. The van der Waals surface area contributed by atoms with Crippen LogP contribution in [0.1, 0.15) is 0 Å². The molecule has 2 rings (SSSR count). The molecule has 1 heterocycles. The zero-order valence-corrected chi connectivity index (χ0v) is 13.1. The number of morpholine rings is 1. The maximum atomic E-state index is 12.1. The lowest BCUT2D eigenvalue weighted by molar-refractivity contribution is -0.131. The van der Waals surface area contributed by atoms with Gasteiger partial charge >= 0.3 is 0 Å². The van der Waals surface area contributed by atoms with Crippen LogP contribution in [0.4, 0.5) is 11.4 Å². The van der Waals surface area contributed by atoms with Gasteiger partial charge in [0.1, 0.15) is 6.61 Å². The molecule has 23 heavy (non-hydrogen) atoms. The van der Waals surface area contributed by atoms with Crippen LogP contribution in [0.2, 0.25) is 0 Å². The number of carbonyl (C=O) groups is 3. The van der Waals surface area contributed by atoms with Crippen molar-refractivity contribution < 1.29 is 19.1 Å². The lowest BCUT2D eigenvalue weighted by Crippen LogP contribution is -2.48. The van der Waals surface area contributed by atoms with E-state index in [0.717, 1.165) is 5.69 Å². The van der Waals surface area contributed by atoms with Crippen molar-refractivity contribution in [3.05, 3.63) is 24.3 Å². The number of hydrogen-bond acceptors (Lipinski definition) is 5. The molecule has 8 nitrogen and oxygen atoms in total. The van der Waals surface area contributed by atoms with Crippen LogP contribution in [0, 0.1) is 0 Å². The second-order valence-electron chi connectivity index (χ2n) is 5.40. The molecule has 0 spiro atoms.